The molecule has 1 aliphatic heterocycles. The Bertz CT molecular complexity index is 844. The van der Waals surface area contributed by atoms with Crippen molar-refractivity contribution in [3.05, 3.63) is 63.6 Å². The van der Waals surface area contributed by atoms with Gasteiger partial charge >= 0.3 is 6.09 Å². The van der Waals surface area contributed by atoms with Crippen LogP contribution in [-0.2, 0) is 4.74 Å². The summed E-state index contributed by atoms with van der Waals surface area (Å²) in [7, 11) is 0. The minimum absolute atomic E-state index is 0.117. The highest BCUT2D eigenvalue weighted by Crippen LogP contribution is 2.40. The summed E-state index contributed by atoms with van der Waals surface area (Å²) in [5.41, 5.74) is 9.05. The summed E-state index contributed by atoms with van der Waals surface area (Å²) >= 11 is 12.7. The minimum atomic E-state index is -0.306. The molecule has 1 amide bonds. The highest BCUT2D eigenvalue weighted by atomic mass is 35.5. The zero-order valence-electron chi connectivity index (χ0n) is 16.8. The predicted molar refractivity (Wildman–Crippen MR) is 119 cm³/mol. The van der Waals surface area contributed by atoms with Gasteiger partial charge in [-0.05, 0) is 62.2 Å². The Morgan fingerprint density at radius 1 is 1.17 bits per heavy atom. The first-order valence-corrected chi connectivity index (χ1v) is 10.6. The van der Waals surface area contributed by atoms with E-state index in [4.69, 9.17) is 33.7 Å². The summed E-state index contributed by atoms with van der Waals surface area (Å²) < 4.78 is 5.32. The lowest BCUT2D eigenvalue weighted by Crippen LogP contribution is -2.57. The first kappa shape index (κ1) is 21.8. The fourth-order valence-corrected chi connectivity index (χ4v) is 4.46. The van der Waals surface area contributed by atoms with Crippen molar-refractivity contribution in [3.63, 3.8) is 0 Å². The molecule has 2 aromatic carbocycles. The number of rotatable bonds is 5. The van der Waals surface area contributed by atoms with Crippen molar-refractivity contribution in [2.24, 2.45) is 5.73 Å². The highest BCUT2D eigenvalue weighted by Gasteiger charge is 2.40. The minimum Gasteiger partial charge on any atom is -0.450 e. The van der Waals surface area contributed by atoms with E-state index in [1.807, 2.05) is 50.2 Å². The number of carbonyl (C=O) groups is 1. The monoisotopic (exact) mass is 435 g/mol. The van der Waals surface area contributed by atoms with Crippen LogP contribution < -0.4 is 10.6 Å². The van der Waals surface area contributed by atoms with Crippen molar-refractivity contribution in [2.75, 3.05) is 31.1 Å². The Labute approximate surface area is 182 Å². The highest BCUT2D eigenvalue weighted by molar-refractivity contribution is 6.33. The molecule has 0 unspecified atom stereocenters. The van der Waals surface area contributed by atoms with Crippen molar-refractivity contribution in [3.8, 4) is 0 Å². The average molecular weight is 436 g/mol. The molecule has 1 fully saturated rings. The standard InChI is InChI=1S/C22H27Cl2N3O2/c1-3-29-22(28)27-13-12-26(19-9-4-15(2)14-18(19)24)21(20(27)10-11-25)16-5-7-17(23)8-6-16/h4-9,14,20-21H,3,10-13,25H2,1-2H3/t20-,21+/m1/s1. The number of hydrogen-bond donors (Lipinski definition) is 1. The van der Waals surface area contributed by atoms with Gasteiger partial charge in [0.1, 0.15) is 0 Å². The lowest BCUT2D eigenvalue weighted by atomic mass is 9.91. The van der Waals surface area contributed by atoms with Crippen molar-refractivity contribution in [1.82, 2.24) is 4.90 Å². The van der Waals surface area contributed by atoms with Crippen LogP contribution in [0.3, 0.4) is 0 Å². The Kier molecular flexibility index (Phi) is 7.28. The molecule has 2 N–H and O–H groups in total. The summed E-state index contributed by atoms with van der Waals surface area (Å²) in [6, 6.07) is 13.5. The fraction of sp³-hybridized carbons (Fsp3) is 0.409. The van der Waals surface area contributed by atoms with Crippen molar-refractivity contribution < 1.29 is 9.53 Å². The number of aryl methyl sites for hydroxylation is 1. The third kappa shape index (κ3) is 4.80. The number of hydrogen-bond acceptors (Lipinski definition) is 4. The zero-order chi connectivity index (χ0) is 21.0. The molecule has 0 saturated carbocycles. The van der Waals surface area contributed by atoms with Gasteiger partial charge in [-0.25, -0.2) is 4.79 Å². The van der Waals surface area contributed by atoms with Crippen LogP contribution in [-0.4, -0.2) is 43.3 Å². The number of amides is 1. The van der Waals surface area contributed by atoms with Crippen molar-refractivity contribution >= 4 is 35.0 Å². The smallest absolute Gasteiger partial charge is 0.410 e. The normalized spacial score (nSPS) is 19.3. The largest absolute Gasteiger partial charge is 0.450 e. The SMILES string of the molecule is CCOC(=O)N1CCN(c2ccc(C)cc2Cl)[C@@H](c2ccc(Cl)cc2)[C@H]1CCN. The fourth-order valence-electron chi connectivity index (χ4n) is 3.99. The zero-order valence-corrected chi connectivity index (χ0v) is 18.3. The van der Waals surface area contributed by atoms with Crippen LogP contribution in [0, 0.1) is 6.92 Å². The molecular formula is C22H27Cl2N3O2. The second-order valence-electron chi connectivity index (χ2n) is 7.18. The van der Waals surface area contributed by atoms with Gasteiger partial charge in [-0.1, -0.05) is 41.4 Å². The molecule has 0 radical (unpaired) electrons. The van der Waals surface area contributed by atoms with E-state index in [1.54, 1.807) is 4.90 Å². The van der Waals surface area contributed by atoms with Crippen LogP contribution in [0.25, 0.3) is 0 Å². The van der Waals surface area contributed by atoms with E-state index >= 15 is 0 Å². The number of benzene rings is 2. The van der Waals surface area contributed by atoms with Gasteiger partial charge < -0.3 is 20.3 Å². The van der Waals surface area contributed by atoms with Crippen LogP contribution >= 0.6 is 23.2 Å². The van der Waals surface area contributed by atoms with Crippen LogP contribution in [0.1, 0.15) is 30.5 Å². The van der Waals surface area contributed by atoms with Gasteiger partial charge in [-0.2, -0.15) is 0 Å². The number of nitrogens with two attached hydrogens (primary N) is 1. The summed E-state index contributed by atoms with van der Waals surface area (Å²) in [5, 5.41) is 1.36. The lowest BCUT2D eigenvalue weighted by molar-refractivity contribution is 0.0723. The Morgan fingerprint density at radius 3 is 2.52 bits per heavy atom. The van der Waals surface area contributed by atoms with Gasteiger partial charge in [0.15, 0.2) is 0 Å². The van der Waals surface area contributed by atoms with Gasteiger partial charge in [0.05, 0.1) is 29.4 Å². The summed E-state index contributed by atoms with van der Waals surface area (Å²) in [5.74, 6) is 0. The molecule has 3 rings (SSSR count). The summed E-state index contributed by atoms with van der Waals surface area (Å²) in [6.07, 6.45) is 0.339. The van der Waals surface area contributed by atoms with Gasteiger partial charge in [0, 0.05) is 18.1 Å². The third-order valence-corrected chi connectivity index (χ3v) is 5.83. The second kappa shape index (κ2) is 9.70. The van der Waals surface area contributed by atoms with Crippen LogP contribution in [0.4, 0.5) is 10.5 Å². The van der Waals surface area contributed by atoms with Crippen LogP contribution in [0.15, 0.2) is 42.5 Å². The molecule has 0 bridgehead atoms. The molecule has 0 aliphatic carbocycles. The van der Waals surface area contributed by atoms with Gasteiger partial charge in [0.2, 0.25) is 0 Å². The molecule has 5 nitrogen and oxygen atoms in total. The van der Waals surface area contributed by atoms with E-state index in [-0.39, 0.29) is 18.2 Å². The number of anilines is 1. The molecule has 1 saturated heterocycles. The van der Waals surface area contributed by atoms with Crippen LogP contribution in [0.5, 0.6) is 0 Å². The average Bonchev–Trinajstić information content (AvgIpc) is 2.69. The molecule has 1 aliphatic rings. The predicted octanol–water partition coefficient (Wildman–Crippen LogP) is 5.04. The maximum Gasteiger partial charge on any atom is 0.410 e. The number of carbonyl (C=O) groups excluding carboxylic acids is 1. The first-order valence-electron chi connectivity index (χ1n) is 9.88. The second-order valence-corrected chi connectivity index (χ2v) is 8.03. The molecule has 7 heteroatoms. The molecule has 0 spiro atoms. The number of halogens is 2. The number of ether oxygens (including phenoxy) is 1. The molecule has 2 aromatic rings. The van der Waals surface area contributed by atoms with E-state index in [9.17, 15) is 4.79 Å². The molecule has 1 heterocycles. The maximum absolute atomic E-state index is 12.7. The molecule has 29 heavy (non-hydrogen) atoms. The summed E-state index contributed by atoms with van der Waals surface area (Å²) in [4.78, 5) is 16.7. The summed E-state index contributed by atoms with van der Waals surface area (Å²) in [6.45, 7) is 5.80. The third-order valence-electron chi connectivity index (χ3n) is 5.27. The molecule has 2 atom stereocenters. The van der Waals surface area contributed by atoms with E-state index in [0.717, 1.165) is 16.8 Å². The molecular weight excluding hydrogens is 409 g/mol. The maximum atomic E-state index is 12.7. The molecule has 0 aromatic heterocycles. The van der Waals surface area contributed by atoms with Gasteiger partial charge in [0.25, 0.3) is 0 Å². The van der Waals surface area contributed by atoms with E-state index in [1.165, 1.54) is 0 Å². The van der Waals surface area contributed by atoms with E-state index in [0.29, 0.717) is 42.7 Å². The Hall–Kier alpha value is -1.95. The van der Waals surface area contributed by atoms with Crippen molar-refractivity contribution in [1.29, 1.82) is 0 Å². The topological polar surface area (TPSA) is 58.8 Å². The lowest BCUT2D eigenvalue weighted by Gasteiger charge is -2.48. The number of nitrogens with zero attached hydrogens (tertiary/aromatic N) is 2. The van der Waals surface area contributed by atoms with E-state index in [2.05, 4.69) is 11.0 Å². The molecule has 156 valence electrons. The van der Waals surface area contributed by atoms with Crippen molar-refractivity contribution in [2.45, 2.75) is 32.4 Å². The van der Waals surface area contributed by atoms with Gasteiger partial charge in [-0.15, -0.1) is 0 Å². The van der Waals surface area contributed by atoms with Crippen LogP contribution in [0.2, 0.25) is 10.0 Å². The van der Waals surface area contributed by atoms with E-state index < -0.39 is 0 Å². The number of piperazine rings is 1. The quantitative estimate of drug-likeness (QED) is 0.714. The Balaban J connectivity index is 2.07. The van der Waals surface area contributed by atoms with Gasteiger partial charge in [-0.3, -0.25) is 0 Å². The Morgan fingerprint density at radius 2 is 1.90 bits per heavy atom. The first-order chi connectivity index (χ1) is 14.0.